The fraction of sp³-hybridized carbons (Fsp3) is 0.133. The molecule has 0 aliphatic rings. The van der Waals surface area contributed by atoms with E-state index in [2.05, 4.69) is 15.9 Å². The van der Waals surface area contributed by atoms with Crippen molar-refractivity contribution in [1.29, 1.82) is 0 Å². The Morgan fingerprint density at radius 3 is 1.77 bits per heavy atom. The molecule has 22 heavy (non-hydrogen) atoms. The number of halogens is 5. The lowest BCUT2D eigenvalue weighted by atomic mass is 9.87. The monoisotopic (exact) mass is 392 g/mol. The van der Waals surface area contributed by atoms with Crippen molar-refractivity contribution < 1.29 is 22.3 Å². The first-order chi connectivity index (χ1) is 10.3. The zero-order chi connectivity index (χ0) is 16.4. The van der Waals surface area contributed by atoms with E-state index < -0.39 is 22.0 Å². The molecular formula is C15H9BrClF3O2. The highest BCUT2D eigenvalue weighted by Crippen LogP contribution is 2.39. The van der Waals surface area contributed by atoms with Crippen molar-refractivity contribution in [3.05, 3.63) is 71.3 Å². The molecule has 2 nitrogen and oxygen atoms in total. The second-order valence-corrected chi connectivity index (χ2v) is 5.35. The number of hydrogen-bond acceptors (Lipinski definition) is 2. The summed E-state index contributed by atoms with van der Waals surface area (Å²) in [6.07, 6.45) is -4.46. The summed E-state index contributed by atoms with van der Waals surface area (Å²) in [4.78, 5) is 12.1. The first kappa shape index (κ1) is 17.0. The van der Waals surface area contributed by atoms with Crippen LogP contribution in [-0.4, -0.2) is 4.69 Å². The fourth-order valence-corrected chi connectivity index (χ4v) is 2.96. The molecule has 2 aromatic rings. The molecule has 0 saturated carbocycles. The molecule has 2 aromatic carbocycles. The van der Waals surface area contributed by atoms with E-state index in [1.54, 1.807) is 30.3 Å². The maximum absolute atomic E-state index is 12.6. The summed E-state index contributed by atoms with van der Waals surface area (Å²) in [5.74, 6) is 0. The van der Waals surface area contributed by atoms with Crippen LogP contribution in [0.1, 0.15) is 16.7 Å². The molecule has 116 valence electrons. The zero-order valence-electron chi connectivity index (χ0n) is 10.9. The summed E-state index contributed by atoms with van der Waals surface area (Å²) in [5, 5.41) is 0. The van der Waals surface area contributed by atoms with Gasteiger partial charge in [0.05, 0.1) is 17.4 Å². The largest absolute Gasteiger partial charge is 0.416 e. The molecule has 0 fully saturated rings. The van der Waals surface area contributed by atoms with Gasteiger partial charge in [-0.3, -0.25) is 9.08 Å². The minimum absolute atomic E-state index is 0.184. The van der Waals surface area contributed by atoms with Crippen LogP contribution >= 0.6 is 27.8 Å². The summed E-state index contributed by atoms with van der Waals surface area (Å²) in [5.41, 5.74) is -1.97. The van der Waals surface area contributed by atoms with Gasteiger partial charge in [0.15, 0.2) is 0 Å². The van der Waals surface area contributed by atoms with Crippen LogP contribution in [0.15, 0.2) is 54.6 Å². The van der Waals surface area contributed by atoms with Crippen LogP contribution in [0.2, 0.25) is 0 Å². The van der Waals surface area contributed by atoms with Crippen molar-refractivity contribution >= 4 is 32.5 Å². The minimum atomic E-state index is -4.46. The van der Waals surface area contributed by atoms with Gasteiger partial charge in [0.1, 0.15) is 0 Å². The quantitative estimate of drug-likeness (QED) is 0.680. The molecule has 0 heterocycles. The van der Waals surface area contributed by atoms with Gasteiger partial charge in [-0.2, -0.15) is 13.2 Å². The summed E-state index contributed by atoms with van der Waals surface area (Å²) in [6.45, 7) is 0. The van der Waals surface area contributed by atoms with E-state index in [9.17, 15) is 18.0 Å². The van der Waals surface area contributed by atoms with E-state index in [-0.39, 0.29) is 5.56 Å². The first-order valence-electron chi connectivity index (χ1n) is 6.05. The van der Waals surface area contributed by atoms with Crippen LogP contribution < -0.4 is 0 Å². The summed E-state index contributed by atoms with van der Waals surface area (Å²) >= 11 is 8.36. The Morgan fingerprint density at radius 2 is 1.36 bits per heavy atom. The molecule has 0 aromatic heterocycles. The summed E-state index contributed by atoms with van der Waals surface area (Å²) in [7, 11) is 0. The first-order valence-corrected chi connectivity index (χ1v) is 7.15. The average molecular weight is 394 g/mol. The minimum Gasteiger partial charge on any atom is -0.282 e. The molecule has 2 rings (SSSR count). The molecule has 7 heteroatoms. The molecule has 0 amide bonds. The maximum Gasteiger partial charge on any atom is 0.416 e. The van der Waals surface area contributed by atoms with E-state index in [1.165, 1.54) is 0 Å². The highest BCUT2D eigenvalue weighted by Gasteiger charge is 2.43. The van der Waals surface area contributed by atoms with Gasteiger partial charge in [0.2, 0.25) is 10.3 Å². The lowest BCUT2D eigenvalue weighted by molar-refractivity contribution is -0.137. The van der Waals surface area contributed by atoms with E-state index in [1.807, 2.05) is 0 Å². The van der Waals surface area contributed by atoms with Crippen molar-refractivity contribution in [2.45, 2.75) is 11.8 Å². The Morgan fingerprint density at radius 1 is 0.909 bits per heavy atom. The van der Waals surface area contributed by atoms with Crippen molar-refractivity contribution in [2.75, 3.05) is 0 Å². The fourth-order valence-electron chi connectivity index (χ4n) is 2.08. The van der Waals surface area contributed by atoms with Gasteiger partial charge in [-0.05, 0) is 39.2 Å². The molecule has 0 bridgehead atoms. The van der Waals surface area contributed by atoms with Crippen LogP contribution in [0.25, 0.3) is 0 Å². The standard InChI is InChI=1S/C15H9BrClF3O2/c16-13(21)14(22-17,10-4-2-1-3-5-10)11-6-8-12(9-7-11)15(18,19)20/h1-9H. The van der Waals surface area contributed by atoms with Crippen LogP contribution in [0, 0.1) is 0 Å². The highest BCUT2D eigenvalue weighted by molar-refractivity contribution is 9.18. The number of rotatable bonds is 4. The second kappa shape index (κ2) is 6.40. The van der Waals surface area contributed by atoms with E-state index in [4.69, 9.17) is 16.2 Å². The van der Waals surface area contributed by atoms with Crippen molar-refractivity contribution in [3.8, 4) is 0 Å². The van der Waals surface area contributed by atoms with Gasteiger partial charge < -0.3 is 0 Å². The third kappa shape index (κ3) is 3.04. The maximum atomic E-state index is 12.6. The molecule has 0 radical (unpaired) electrons. The van der Waals surface area contributed by atoms with Crippen LogP contribution in [0.3, 0.4) is 0 Å². The van der Waals surface area contributed by atoms with Crippen LogP contribution in [0.5, 0.6) is 0 Å². The van der Waals surface area contributed by atoms with Crippen molar-refractivity contribution in [2.24, 2.45) is 0 Å². The molecule has 1 unspecified atom stereocenters. The zero-order valence-corrected chi connectivity index (χ0v) is 13.2. The number of alkyl halides is 3. The Labute approximate surface area is 138 Å². The number of carbonyl (C=O) groups is 1. The molecular weight excluding hydrogens is 385 g/mol. The summed E-state index contributed by atoms with van der Waals surface area (Å²) in [6, 6.07) is 12.3. The molecule has 1 atom stereocenters. The number of hydrogen-bond donors (Lipinski definition) is 0. The third-order valence-corrected chi connectivity index (χ3v) is 3.98. The van der Waals surface area contributed by atoms with Gasteiger partial charge in [-0.1, -0.05) is 42.5 Å². The van der Waals surface area contributed by atoms with Crippen LogP contribution in [-0.2, 0) is 20.9 Å². The Kier molecular flexibility index (Phi) is 4.94. The van der Waals surface area contributed by atoms with Crippen molar-refractivity contribution in [1.82, 2.24) is 0 Å². The van der Waals surface area contributed by atoms with E-state index in [0.717, 1.165) is 24.3 Å². The molecule has 0 N–H and O–H groups in total. The Hall–Kier alpha value is -1.37. The normalized spacial score (nSPS) is 14.4. The van der Waals surface area contributed by atoms with Gasteiger partial charge in [-0.25, -0.2) is 0 Å². The van der Waals surface area contributed by atoms with Crippen LogP contribution in [0.4, 0.5) is 13.2 Å². The van der Waals surface area contributed by atoms with Gasteiger partial charge >= 0.3 is 6.18 Å². The average Bonchev–Trinajstić information content (AvgIpc) is 2.49. The predicted octanol–water partition coefficient (Wildman–Crippen LogP) is 5.04. The lowest BCUT2D eigenvalue weighted by Gasteiger charge is -2.28. The Bertz CT molecular complexity index is 659. The number of benzene rings is 2. The smallest absolute Gasteiger partial charge is 0.282 e. The molecule has 0 spiro atoms. The van der Waals surface area contributed by atoms with Gasteiger partial charge in [0.25, 0.3) is 0 Å². The molecule has 0 saturated heterocycles. The summed E-state index contributed by atoms with van der Waals surface area (Å²) < 4.78 is 42.2. The van der Waals surface area contributed by atoms with Crippen molar-refractivity contribution in [3.63, 3.8) is 0 Å². The SMILES string of the molecule is O=C(Br)C(OCl)(c1ccccc1)c1ccc(C(F)(F)F)cc1. The number of carbonyl (C=O) groups excluding carboxylic acids is 1. The Balaban J connectivity index is 2.59. The molecule has 0 aliphatic heterocycles. The highest BCUT2D eigenvalue weighted by atomic mass is 79.9. The second-order valence-electron chi connectivity index (χ2n) is 4.47. The third-order valence-electron chi connectivity index (χ3n) is 3.19. The van der Waals surface area contributed by atoms with Gasteiger partial charge in [0, 0.05) is 0 Å². The van der Waals surface area contributed by atoms with E-state index >= 15 is 0 Å². The topological polar surface area (TPSA) is 26.3 Å². The lowest BCUT2D eigenvalue weighted by Crippen LogP contribution is -2.34. The van der Waals surface area contributed by atoms with Gasteiger partial charge in [-0.15, -0.1) is 0 Å². The predicted molar refractivity (Wildman–Crippen MR) is 79.5 cm³/mol. The van der Waals surface area contributed by atoms with E-state index in [0.29, 0.717) is 5.56 Å². The molecule has 0 aliphatic carbocycles.